The van der Waals surface area contributed by atoms with Gasteiger partial charge in [0, 0.05) is 19.3 Å². The molecule has 0 saturated carbocycles. The molecule has 19 heavy (non-hydrogen) atoms. The minimum Gasteiger partial charge on any atom is -0.364 e. The normalized spacial score (nSPS) is 22.9. The average Bonchev–Trinajstić information content (AvgIpc) is 2.97. The molecule has 0 unspecified atom stereocenters. The molecule has 106 valence electrons. The van der Waals surface area contributed by atoms with Crippen LogP contribution >= 0.6 is 0 Å². The van der Waals surface area contributed by atoms with Crippen LogP contribution in [-0.2, 0) is 16.1 Å². The molecule has 1 aliphatic rings. The monoisotopic (exact) mass is 266 g/mol. The molecule has 6 nitrogen and oxygen atoms in total. The van der Waals surface area contributed by atoms with Gasteiger partial charge in [-0.1, -0.05) is 13.8 Å². The van der Waals surface area contributed by atoms with Crippen molar-refractivity contribution in [2.24, 2.45) is 11.7 Å². The lowest BCUT2D eigenvalue weighted by atomic mass is 10.2. The number of nitrogens with two attached hydrogens (primary N) is 1. The number of hydrogen-bond acceptors (Lipinski definition) is 4. The van der Waals surface area contributed by atoms with Crippen LogP contribution in [-0.4, -0.2) is 34.4 Å². The summed E-state index contributed by atoms with van der Waals surface area (Å²) >= 11 is 0. The molecule has 1 aromatic rings. The molecule has 2 atom stereocenters. The van der Waals surface area contributed by atoms with Gasteiger partial charge >= 0.3 is 0 Å². The van der Waals surface area contributed by atoms with Crippen LogP contribution < -0.4 is 11.1 Å². The van der Waals surface area contributed by atoms with Gasteiger partial charge in [-0.15, -0.1) is 0 Å². The standard InChI is InChI=1S/C13H22N4O2/c1-9(2)7-17-8-10(6-15-17)16-13(18)12-4-3-11(5-14)19-12/h6,8-9,11-12H,3-5,7,14H2,1-2H3,(H,16,18)/t11-,12+/m1/s1. The summed E-state index contributed by atoms with van der Waals surface area (Å²) < 4.78 is 7.38. The molecule has 1 amide bonds. The number of anilines is 1. The fourth-order valence-electron chi connectivity index (χ4n) is 2.20. The third-order valence-corrected chi connectivity index (χ3v) is 3.12. The fraction of sp³-hybridized carbons (Fsp3) is 0.692. The summed E-state index contributed by atoms with van der Waals surface area (Å²) in [5, 5.41) is 7.04. The summed E-state index contributed by atoms with van der Waals surface area (Å²) in [6.45, 7) is 5.56. The molecule has 2 rings (SSSR count). The highest BCUT2D eigenvalue weighted by atomic mass is 16.5. The Bertz CT molecular complexity index is 430. The van der Waals surface area contributed by atoms with Crippen LogP contribution in [0, 0.1) is 5.92 Å². The Morgan fingerprint density at radius 3 is 3.05 bits per heavy atom. The van der Waals surface area contributed by atoms with Crippen molar-refractivity contribution in [1.82, 2.24) is 9.78 Å². The van der Waals surface area contributed by atoms with Crippen molar-refractivity contribution < 1.29 is 9.53 Å². The van der Waals surface area contributed by atoms with E-state index in [1.807, 2.05) is 10.9 Å². The van der Waals surface area contributed by atoms with E-state index in [2.05, 4.69) is 24.3 Å². The number of carbonyl (C=O) groups excluding carboxylic acids is 1. The molecule has 6 heteroatoms. The Kier molecular flexibility index (Phi) is 4.55. The third kappa shape index (κ3) is 3.78. The van der Waals surface area contributed by atoms with Gasteiger partial charge in [0.2, 0.25) is 0 Å². The van der Waals surface area contributed by atoms with E-state index in [0.29, 0.717) is 18.2 Å². The lowest BCUT2D eigenvalue weighted by Crippen LogP contribution is -2.29. The lowest BCUT2D eigenvalue weighted by Gasteiger charge is -2.11. The number of nitrogens with zero attached hydrogens (tertiary/aromatic N) is 2. The first-order chi connectivity index (χ1) is 9.08. The minimum absolute atomic E-state index is 0.0133. The average molecular weight is 266 g/mol. The molecule has 1 saturated heterocycles. The summed E-state index contributed by atoms with van der Waals surface area (Å²) in [6, 6.07) is 0. The molecule has 0 bridgehead atoms. The summed E-state index contributed by atoms with van der Waals surface area (Å²) in [5.41, 5.74) is 6.24. The van der Waals surface area contributed by atoms with Crippen molar-refractivity contribution in [3.8, 4) is 0 Å². The van der Waals surface area contributed by atoms with Crippen molar-refractivity contribution >= 4 is 11.6 Å². The van der Waals surface area contributed by atoms with Crippen LogP contribution in [0.25, 0.3) is 0 Å². The Balaban J connectivity index is 1.87. The first-order valence-corrected chi connectivity index (χ1v) is 6.77. The van der Waals surface area contributed by atoms with Gasteiger partial charge in [0.15, 0.2) is 0 Å². The molecule has 2 heterocycles. The van der Waals surface area contributed by atoms with Crippen LogP contribution in [0.15, 0.2) is 12.4 Å². The van der Waals surface area contributed by atoms with E-state index in [9.17, 15) is 4.79 Å². The number of amides is 1. The zero-order valence-corrected chi connectivity index (χ0v) is 11.5. The van der Waals surface area contributed by atoms with E-state index in [1.54, 1.807) is 6.20 Å². The zero-order valence-electron chi connectivity index (χ0n) is 11.5. The maximum atomic E-state index is 12.0. The predicted molar refractivity (Wildman–Crippen MR) is 72.6 cm³/mol. The zero-order chi connectivity index (χ0) is 13.8. The minimum atomic E-state index is -0.387. The SMILES string of the molecule is CC(C)Cn1cc(NC(=O)[C@@H]2CC[C@H](CN)O2)cn1. The summed E-state index contributed by atoms with van der Waals surface area (Å²) in [7, 11) is 0. The highest BCUT2D eigenvalue weighted by Gasteiger charge is 2.29. The van der Waals surface area contributed by atoms with Crippen molar-refractivity contribution in [3.05, 3.63) is 12.4 Å². The highest BCUT2D eigenvalue weighted by molar-refractivity contribution is 5.94. The molecule has 0 spiro atoms. The number of ether oxygens (including phenoxy) is 1. The van der Waals surface area contributed by atoms with Crippen molar-refractivity contribution in [3.63, 3.8) is 0 Å². The summed E-state index contributed by atoms with van der Waals surface area (Å²) in [4.78, 5) is 12.0. The van der Waals surface area contributed by atoms with Gasteiger partial charge in [-0.05, 0) is 18.8 Å². The second kappa shape index (κ2) is 6.16. The van der Waals surface area contributed by atoms with Gasteiger partial charge in [0.05, 0.1) is 18.0 Å². The van der Waals surface area contributed by atoms with Crippen molar-refractivity contribution in [2.75, 3.05) is 11.9 Å². The van der Waals surface area contributed by atoms with Gasteiger partial charge in [-0.2, -0.15) is 5.10 Å². The quantitative estimate of drug-likeness (QED) is 0.832. The van der Waals surface area contributed by atoms with Crippen LogP contribution in [0.2, 0.25) is 0 Å². The third-order valence-electron chi connectivity index (χ3n) is 3.12. The molecule has 0 aliphatic carbocycles. The highest BCUT2D eigenvalue weighted by Crippen LogP contribution is 2.20. The first-order valence-electron chi connectivity index (χ1n) is 6.77. The second-order valence-electron chi connectivity index (χ2n) is 5.39. The van der Waals surface area contributed by atoms with E-state index in [0.717, 1.165) is 19.4 Å². The topological polar surface area (TPSA) is 82.2 Å². The molecule has 0 radical (unpaired) electrons. The molecule has 1 aliphatic heterocycles. The Labute approximate surface area is 113 Å². The van der Waals surface area contributed by atoms with Gasteiger partial charge in [-0.25, -0.2) is 0 Å². The van der Waals surface area contributed by atoms with E-state index in [1.165, 1.54) is 0 Å². The maximum absolute atomic E-state index is 12.0. The number of hydrogen-bond donors (Lipinski definition) is 2. The Hall–Kier alpha value is -1.40. The Morgan fingerprint density at radius 1 is 1.63 bits per heavy atom. The van der Waals surface area contributed by atoms with Crippen LogP contribution in [0.5, 0.6) is 0 Å². The maximum Gasteiger partial charge on any atom is 0.253 e. The van der Waals surface area contributed by atoms with Gasteiger partial charge in [0.1, 0.15) is 6.10 Å². The summed E-state index contributed by atoms with van der Waals surface area (Å²) in [5.74, 6) is 0.409. The first kappa shape index (κ1) is 14.0. The molecule has 1 aromatic heterocycles. The lowest BCUT2D eigenvalue weighted by molar-refractivity contribution is -0.126. The summed E-state index contributed by atoms with van der Waals surface area (Å²) in [6.07, 6.45) is 4.71. The predicted octanol–water partition coefficient (Wildman–Crippen LogP) is 0.984. The molecule has 1 fully saturated rings. The molecular formula is C13H22N4O2. The van der Waals surface area contributed by atoms with E-state index in [-0.39, 0.29) is 18.1 Å². The molecule has 0 aromatic carbocycles. The van der Waals surface area contributed by atoms with Crippen LogP contribution in [0.1, 0.15) is 26.7 Å². The smallest absolute Gasteiger partial charge is 0.253 e. The number of nitrogens with one attached hydrogen (secondary N) is 1. The van der Waals surface area contributed by atoms with Gasteiger partial charge in [0.25, 0.3) is 5.91 Å². The number of aromatic nitrogens is 2. The van der Waals surface area contributed by atoms with E-state index < -0.39 is 0 Å². The molecular weight excluding hydrogens is 244 g/mol. The largest absolute Gasteiger partial charge is 0.364 e. The van der Waals surface area contributed by atoms with Crippen LogP contribution in [0.4, 0.5) is 5.69 Å². The number of carbonyl (C=O) groups is 1. The van der Waals surface area contributed by atoms with E-state index in [4.69, 9.17) is 10.5 Å². The fourth-order valence-corrected chi connectivity index (χ4v) is 2.20. The van der Waals surface area contributed by atoms with Crippen molar-refractivity contribution in [1.29, 1.82) is 0 Å². The second-order valence-corrected chi connectivity index (χ2v) is 5.39. The molecule has 3 N–H and O–H groups in total. The van der Waals surface area contributed by atoms with Gasteiger partial charge < -0.3 is 15.8 Å². The number of rotatable bonds is 5. The Morgan fingerprint density at radius 2 is 2.42 bits per heavy atom. The van der Waals surface area contributed by atoms with Crippen LogP contribution in [0.3, 0.4) is 0 Å². The van der Waals surface area contributed by atoms with Gasteiger partial charge in [-0.3, -0.25) is 9.48 Å². The van der Waals surface area contributed by atoms with Crippen molar-refractivity contribution in [2.45, 2.75) is 45.4 Å². The van der Waals surface area contributed by atoms with E-state index >= 15 is 0 Å².